The van der Waals surface area contributed by atoms with Crippen LogP contribution in [0.15, 0.2) is 41.7 Å². The number of hydrogen-bond donors (Lipinski definition) is 0. The van der Waals surface area contributed by atoms with Crippen molar-refractivity contribution in [2.45, 2.75) is 32.6 Å². The van der Waals surface area contributed by atoms with Crippen LogP contribution in [0.5, 0.6) is 0 Å². The topological polar surface area (TPSA) is 48.4 Å². The zero-order chi connectivity index (χ0) is 20.4. The van der Waals surface area contributed by atoms with Crippen molar-refractivity contribution in [3.8, 4) is 10.6 Å². The van der Waals surface area contributed by atoms with Gasteiger partial charge in [0.05, 0.1) is 18.4 Å². The Kier molecular flexibility index (Phi) is 6.18. The summed E-state index contributed by atoms with van der Waals surface area (Å²) in [5, 5.41) is 1.59. The number of carbonyl (C=O) groups excluding carboxylic acids is 1. The lowest BCUT2D eigenvalue weighted by atomic mass is 9.95. The molecule has 1 saturated heterocycles. The van der Waals surface area contributed by atoms with Crippen LogP contribution < -0.4 is 0 Å². The van der Waals surface area contributed by atoms with Crippen LogP contribution in [0.3, 0.4) is 0 Å². The number of rotatable bonds is 5. The highest BCUT2D eigenvalue weighted by atomic mass is 35.5. The second-order valence-electron chi connectivity index (χ2n) is 7.30. The highest BCUT2D eigenvalue weighted by molar-refractivity contribution is 7.15. The molecule has 0 unspecified atom stereocenters. The van der Waals surface area contributed by atoms with Gasteiger partial charge in [-0.1, -0.05) is 36.7 Å². The molecule has 0 radical (unpaired) electrons. The van der Waals surface area contributed by atoms with Crippen molar-refractivity contribution in [3.63, 3.8) is 0 Å². The summed E-state index contributed by atoms with van der Waals surface area (Å²) in [6, 6.07) is 7.64. The number of allylic oxidation sites excluding steroid dienone is 3. The van der Waals surface area contributed by atoms with Gasteiger partial charge >= 0.3 is 0 Å². The number of benzene rings is 1. The SMILES string of the molecule is CCc1sc(-c2ccc(Cl)cc2)nc1C1=C(OC)C/C(=C\C2CCOCC2)C1=O. The van der Waals surface area contributed by atoms with E-state index in [0.717, 1.165) is 65.0 Å². The zero-order valence-corrected chi connectivity index (χ0v) is 18.2. The van der Waals surface area contributed by atoms with Gasteiger partial charge in [0.2, 0.25) is 0 Å². The largest absolute Gasteiger partial charge is 0.500 e. The summed E-state index contributed by atoms with van der Waals surface area (Å²) in [6.07, 6.45) is 5.42. The summed E-state index contributed by atoms with van der Waals surface area (Å²) in [5.74, 6) is 1.16. The van der Waals surface area contributed by atoms with Crippen LogP contribution in [0.25, 0.3) is 16.1 Å². The first-order valence-electron chi connectivity index (χ1n) is 9.97. The monoisotopic (exact) mass is 429 g/mol. The maximum absolute atomic E-state index is 13.3. The Morgan fingerprint density at radius 1 is 1.28 bits per heavy atom. The molecule has 29 heavy (non-hydrogen) atoms. The Labute approximate surface area is 180 Å². The van der Waals surface area contributed by atoms with Crippen LogP contribution in [0.4, 0.5) is 0 Å². The molecule has 2 aromatic rings. The molecule has 1 aliphatic carbocycles. The molecule has 152 valence electrons. The summed E-state index contributed by atoms with van der Waals surface area (Å²) >= 11 is 7.64. The van der Waals surface area contributed by atoms with Crippen LogP contribution in [-0.4, -0.2) is 31.1 Å². The second-order valence-corrected chi connectivity index (χ2v) is 8.82. The fraction of sp³-hybridized carbons (Fsp3) is 0.391. The van der Waals surface area contributed by atoms with E-state index in [1.165, 1.54) is 0 Å². The third-order valence-electron chi connectivity index (χ3n) is 5.44. The standard InChI is InChI=1S/C23H24ClNO3S/c1-3-19-21(25-23(29-19)15-4-6-17(24)7-5-15)20-18(27-2)13-16(22(20)26)12-14-8-10-28-11-9-14/h4-7,12,14H,3,8-11,13H2,1-2H3/b16-12+. The lowest BCUT2D eigenvalue weighted by Crippen LogP contribution is -2.15. The summed E-state index contributed by atoms with van der Waals surface area (Å²) in [5.41, 5.74) is 3.22. The predicted octanol–water partition coefficient (Wildman–Crippen LogP) is 5.71. The van der Waals surface area contributed by atoms with Crippen molar-refractivity contribution in [3.05, 3.63) is 57.3 Å². The molecule has 0 atom stereocenters. The Morgan fingerprint density at radius 3 is 2.66 bits per heavy atom. The number of Topliss-reactive ketones (excluding diaryl/α,β-unsaturated/α-hetero) is 1. The van der Waals surface area contributed by atoms with E-state index in [2.05, 4.69) is 13.0 Å². The average molecular weight is 430 g/mol. The van der Waals surface area contributed by atoms with Gasteiger partial charge in [0.25, 0.3) is 0 Å². The minimum atomic E-state index is 0.0518. The Hall–Kier alpha value is -1.95. The molecule has 1 aliphatic heterocycles. The summed E-state index contributed by atoms with van der Waals surface area (Å²) in [6.45, 7) is 3.61. The number of methoxy groups -OCH3 is 1. The lowest BCUT2D eigenvalue weighted by Gasteiger charge is -2.19. The van der Waals surface area contributed by atoms with Gasteiger partial charge in [0, 0.05) is 40.7 Å². The first-order chi connectivity index (χ1) is 14.1. The van der Waals surface area contributed by atoms with Crippen molar-refractivity contribution >= 4 is 34.3 Å². The molecule has 0 saturated carbocycles. The zero-order valence-electron chi connectivity index (χ0n) is 16.7. The number of carbonyl (C=O) groups is 1. The van der Waals surface area contributed by atoms with E-state index in [9.17, 15) is 4.79 Å². The van der Waals surface area contributed by atoms with Crippen LogP contribution in [0, 0.1) is 5.92 Å². The van der Waals surface area contributed by atoms with E-state index >= 15 is 0 Å². The first-order valence-corrected chi connectivity index (χ1v) is 11.2. The number of nitrogens with zero attached hydrogens (tertiary/aromatic N) is 1. The summed E-state index contributed by atoms with van der Waals surface area (Å²) < 4.78 is 11.1. The number of thiazole rings is 1. The molecule has 1 aromatic heterocycles. The highest BCUT2D eigenvalue weighted by Crippen LogP contribution is 2.40. The molecular weight excluding hydrogens is 406 g/mol. The number of hydrogen-bond acceptors (Lipinski definition) is 5. The Morgan fingerprint density at radius 2 is 2.00 bits per heavy atom. The Balaban J connectivity index is 1.69. The second kappa shape index (κ2) is 8.82. The fourth-order valence-corrected chi connectivity index (χ4v) is 4.99. The number of aryl methyl sites for hydroxylation is 1. The van der Waals surface area contributed by atoms with E-state index in [1.807, 2.05) is 24.3 Å². The Bertz CT molecular complexity index is 969. The van der Waals surface area contributed by atoms with Crippen molar-refractivity contribution in [2.75, 3.05) is 20.3 Å². The van der Waals surface area contributed by atoms with E-state index in [4.69, 9.17) is 26.1 Å². The highest BCUT2D eigenvalue weighted by Gasteiger charge is 2.34. The van der Waals surface area contributed by atoms with E-state index in [0.29, 0.717) is 22.9 Å². The van der Waals surface area contributed by atoms with Crippen molar-refractivity contribution < 1.29 is 14.3 Å². The molecule has 0 amide bonds. The third-order valence-corrected chi connectivity index (χ3v) is 6.94. The molecule has 1 aromatic carbocycles. The predicted molar refractivity (Wildman–Crippen MR) is 117 cm³/mol. The van der Waals surface area contributed by atoms with Crippen LogP contribution in [0.1, 0.15) is 36.8 Å². The number of halogens is 1. The van der Waals surface area contributed by atoms with Gasteiger partial charge in [0.1, 0.15) is 10.8 Å². The summed E-state index contributed by atoms with van der Waals surface area (Å²) in [4.78, 5) is 19.3. The van der Waals surface area contributed by atoms with Crippen molar-refractivity contribution in [1.29, 1.82) is 0 Å². The van der Waals surface area contributed by atoms with Gasteiger partial charge in [-0.05, 0) is 37.3 Å². The van der Waals surface area contributed by atoms with Crippen LogP contribution in [-0.2, 0) is 20.7 Å². The van der Waals surface area contributed by atoms with Gasteiger partial charge in [0.15, 0.2) is 5.78 Å². The van der Waals surface area contributed by atoms with Crippen LogP contribution >= 0.6 is 22.9 Å². The van der Waals surface area contributed by atoms with Gasteiger partial charge in [-0.2, -0.15) is 0 Å². The molecule has 4 rings (SSSR count). The van der Waals surface area contributed by atoms with Gasteiger partial charge in [-0.25, -0.2) is 4.98 Å². The van der Waals surface area contributed by atoms with E-state index < -0.39 is 0 Å². The normalized spacial score (nSPS) is 19.4. The van der Waals surface area contributed by atoms with Crippen molar-refractivity contribution in [2.24, 2.45) is 5.92 Å². The van der Waals surface area contributed by atoms with Gasteiger partial charge < -0.3 is 9.47 Å². The maximum atomic E-state index is 13.3. The molecule has 0 spiro atoms. The molecule has 1 fully saturated rings. The molecule has 2 heterocycles. The molecule has 0 bridgehead atoms. The molecular formula is C23H24ClNO3S. The lowest BCUT2D eigenvalue weighted by molar-refractivity contribution is -0.110. The smallest absolute Gasteiger partial charge is 0.194 e. The molecule has 0 N–H and O–H groups in total. The van der Waals surface area contributed by atoms with Gasteiger partial charge in [-0.3, -0.25) is 4.79 Å². The number of ether oxygens (including phenoxy) is 2. The van der Waals surface area contributed by atoms with Crippen LogP contribution in [0.2, 0.25) is 5.02 Å². The quantitative estimate of drug-likeness (QED) is 0.571. The first kappa shape index (κ1) is 20.3. The van der Waals surface area contributed by atoms with Crippen molar-refractivity contribution in [1.82, 2.24) is 4.98 Å². The summed E-state index contributed by atoms with van der Waals surface area (Å²) in [7, 11) is 1.64. The number of ketones is 1. The molecule has 2 aliphatic rings. The minimum Gasteiger partial charge on any atom is -0.500 e. The van der Waals surface area contributed by atoms with Gasteiger partial charge in [-0.15, -0.1) is 11.3 Å². The third kappa shape index (κ3) is 4.18. The maximum Gasteiger partial charge on any atom is 0.194 e. The average Bonchev–Trinajstić information content (AvgIpc) is 3.30. The molecule has 6 heteroatoms. The van der Waals surface area contributed by atoms with E-state index in [-0.39, 0.29) is 5.78 Å². The minimum absolute atomic E-state index is 0.0518. The molecule has 4 nitrogen and oxygen atoms in total. The fourth-order valence-electron chi connectivity index (χ4n) is 3.85. The van der Waals surface area contributed by atoms with E-state index in [1.54, 1.807) is 18.4 Å². The number of aromatic nitrogens is 1.